The number of anilines is 1. The normalized spacial score (nSPS) is 10.2. The molecule has 2 nitrogen and oxygen atoms in total. The highest BCUT2D eigenvalue weighted by atomic mass is 19.1. The van der Waals surface area contributed by atoms with Gasteiger partial charge in [-0.25, -0.2) is 4.39 Å². The zero-order valence-corrected chi connectivity index (χ0v) is 10.8. The zero-order chi connectivity index (χ0) is 13.7. The molecule has 0 heterocycles. The van der Waals surface area contributed by atoms with Crippen LogP contribution in [0.2, 0.25) is 0 Å². The second-order valence-corrected chi connectivity index (χ2v) is 4.28. The Morgan fingerprint density at radius 2 is 1.84 bits per heavy atom. The first-order chi connectivity index (χ1) is 9.20. The number of para-hydroxylation sites is 1. The van der Waals surface area contributed by atoms with Crippen LogP contribution in [0.1, 0.15) is 12.5 Å². The largest absolute Gasteiger partial charge is 0.312 e. The molecule has 2 rings (SSSR count). The maximum atomic E-state index is 13.1. The smallest absolute Gasteiger partial charge is 0.231 e. The van der Waals surface area contributed by atoms with Crippen molar-refractivity contribution in [2.24, 2.45) is 0 Å². The van der Waals surface area contributed by atoms with Crippen molar-refractivity contribution in [1.29, 1.82) is 0 Å². The minimum atomic E-state index is -0.312. The number of nitrogens with zero attached hydrogens (tertiary/aromatic N) is 1. The quantitative estimate of drug-likeness (QED) is 0.821. The summed E-state index contributed by atoms with van der Waals surface area (Å²) in [6, 6.07) is 15.7. The number of halogens is 1. The predicted molar refractivity (Wildman–Crippen MR) is 74.6 cm³/mol. The topological polar surface area (TPSA) is 20.3 Å². The Labute approximate surface area is 112 Å². The van der Waals surface area contributed by atoms with E-state index < -0.39 is 0 Å². The molecule has 0 bridgehead atoms. The lowest BCUT2D eigenvalue weighted by Crippen LogP contribution is -2.31. The van der Waals surface area contributed by atoms with Crippen molar-refractivity contribution in [2.75, 3.05) is 11.4 Å². The van der Waals surface area contributed by atoms with E-state index >= 15 is 0 Å². The molecule has 19 heavy (non-hydrogen) atoms. The molecule has 1 amide bonds. The molecule has 0 aliphatic heterocycles. The van der Waals surface area contributed by atoms with Gasteiger partial charge in [-0.1, -0.05) is 30.3 Å². The van der Waals surface area contributed by atoms with E-state index in [9.17, 15) is 9.18 Å². The second kappa shape index (κ2) is 6.14. The van der Waals surface area contributed by atoms with Crippen molar-refractivity contribution in [3.63, 3.8) is 0 Å². The number of hydrogen-bond donors (Lipinski definition) is 0. The van der Waals surface area contributed by atoms with Crippen molar-refractivity contribution in [3.05, 3.63) is 66.0 Å². The number of hydrogen-bond acceptors (Lipinski definition) is 1. The molecule has 0 aliphatic carbocycles. The summed E-state index contributed by atoms with van der Waals surface area (Å²) >= 11 is 0. The summed E-state index contributed by atoms with van der Waals surface area (Å²) in [6.07, 6.45) is 0.209. The Hall–Kier alpha value is -2.16. The molecule has 3 heteroatoms. The van der Waals surface area contributed by atoms with E-state index in [0.717, 1.165) is 5.69 Å². The van der Waals surface area contributed by atoms with E-state index in [2.05, 4.69) is 0 Å². The van der Waals surface area contributed by atoms with Gasteiger partial charge in [-0.05, 0) is 36.8 Å². The lowest BCUT2D eigenvalue weighted by molar-refractivity contribution is -0.117. The van der Waals surface area contributed by atoms with Gasteiger partial charge in [-0.3, -0.25) is 4.79 Å². The molecule has 2 aromatic carbocycles. The summed E-state index contributed by atoms with van der Waals surface area (Å²) in [6.45, 7) is 2.52. The fraction of sp³-hybridized carbons (Fsp3) is 0.188. The molecular formula is C16H16FNO. The number of carbonyl (C=O) groups excluding carboxylic acids is 1. The predicted octanol–water partition coefficient (Wildman–Crippen LogP) is 3.42. The summed E-state index contributed by atoms with van der Waals surface area (Å²) in [5, 5.41) is 0. The van der Waals surface area contributed by atoms with Crippen molar-refractivity contribution in [3.8, 4) is 0 Å². The van der Waals surface area contributed by atoms with Crippen molar-refractivity contribution in [1.82, 2.24) is 0 Å². The highest BCUT2D eigenvalue weighted by Crippen LogP contribution is 2.15. The molecule has 2 aromatic rings. The Kier molecular flexibility index (Phi) is 4.29. The molecule has 0 saturated carbocycles. The van der Waals surface area contributed by atoms with Gasteiger partial charge in [-0.15, -0.1) is 0 Å². The molecule has 0 spiro atoms. The van der Waals surface area contributed by atoms with Gasteiger partial charge in [0.15, 0.2) is 0 Å². The Bertz CT molecular complexity index is 554. The third-order valence-electron chi connectivity index (χ3n) is 2.93. The van der Waals surface area contributed by atoms with Gasteiger partial charge in [0.2, 0.25) is 5.91 Å². The van der Waals surface area contributed by atoms with E-state index in [-0.39, 0.29) is 18.1 Å². The van der Waals surface area contributed by atoms with E-state index in [1.165, 1.54) is 12.1 Å². The van der Waals surface area contributed by atoms with Gasteiger partial charge in [0.05, 0.1) is 6.42 Å². The van der Waals surface area contributed by atoms with Crippen molar-refractivity contribution in [2.45, 2.75) is 13.3 Å². The first-order valence-corrected chi connectivity index (χ1v) is 6.30. The fourth-order valence-corrected chi connectivity index (χ4v) is 2.03. The summed E-state index contributed by atoms with van der Waals surface area (Å²) in [4.78, 5) is 14.0. The van der Waals surface area contributed by atoms with Crippen LogP contribution in [0.5, 0.6) is 0 Å². The Morgan fingerprint density at radius 3 is 2.47 bits per heavy atom. The summed E-state index contributed by atoms with van der Waals surface area (Å²) < 4.78 is 13.1. The molecule has 0 radical (unpaired) electrons. The summed E-state index contributed by atoms with van der Waals surface area (Å²) in [5.41, 5.74) is 1.56. The summed E-state index contributed by atoms with van der Waals surface area (Å²) in [5.74, 6) is -0.340. The first kappa shape index (κ1) is 13.3. The number of benzene rings is 2. The highest BCUT2D eigenvalue weighted by Gasteiger charge is 2.14. The Balaban J connectivity index is 2.14. The molecule has 0 saturated heterocycles. The molecule has 0 aromatic heterocycles. The zero-order valence-electron chi connectivity index (χ0n) is 10.8. The van der Waals surface area contributed by atoms with Crippen LogP contribution in [0, 0.1) is 5.82 Å². The SMILES string of the molecule is CCN(C(=O)Cc1cccc(F)c1)c1ccccc1. The number of amides is 1. The average Bonchev–Trinajstić information content (AvgIpc) is 2.41. The monoisotopic (exact) mass is 257 g/mol. The van der Waals surface area contributed by atoms with Crippen LogP contribution in [0.25, 0.3) is 0 Å². The van der Waals surface area contributed by atoms with E-state index in [0.29, 0.717) is 12.1 Å². The van der Waals surface area contributed by atoms with E-state index in [1.54, 1.807) is 17.0 Å². The average molecular weight is 257 g/mol. The van der Waals surface area contributed by atoms with E-state index in [1.807, 2.05) is 37.3 Å². The third-order valence-corrected chi connectivity index (χ3v) is 2.93. The van der Waals surface area contributed by atoms with Crippen molar-refractivity contribution < 1.29 is 9.18 Å². The maximum Gasteiger partial charge on any atom is 0.231 e. The van der Waals surface area contributed by atoms with Gasteiger partial charge in [0, 0.05) is 12.2 Å². The maximum absolute atomic E-state index is 13.1. The highest BCUT2D eigenvalue weighted by molar-refractivity contribution is 5.94. The molecule has 0 aliphatic rings. The lowest BCUT2D eigenvalue weighted by Gasteiger charge is -2.21. The van der Waals surface area contributed by atoms with Crippen LogP contribution in [0.15, 0.2) is 54.6 Å². The molecule has 0 unspecified atom stereocenters. The fourth-order valence-electron chi connectivity index (χ4n) is 2.03. The minimum Gasteiger partial charge on any atom is -0.312 e. The van der Waals surface area contributed by atoms with Crippen LogP contribution < -0.4 is 4.90 Å². The standard InChI is InChI=1S/C16H16FNO/c1-2-18(15-9-4-3-5-10-15)16(19)12-13-7-6-8-14(17)11-13/h3-11H,2,12H2,1H3. The number of likely N-dealkylation sites (N-methyl/N-ethyl adjacent to an activating group) is 1. The molecule has 0 N–H and O–H groups in total. The molecule has 0 atom stereocenters. The molecular weight excluding hydrogens is 241 g/mol. The van der Waals surface area contributed by atoms with Gasteiger partial charge in [0.1, 0.15) is 5.82 Å². The van der Waals surface area contributed by atoms with Crippen molar-refractivity contribution >= 4 is 11.6 Å². The van der Waals surface area contributed by atoms with Gasteiger partial charge >= 0.3 is 0 Å². The second-order valence-electron chi connectivity index (χ2n) is 4.28. The van der Waals surface area contributed by atoms with Gasteiger partial charge < -0.3 is 4.90 Å². The molecule has 0 fully saturated rings. The molecule has 98 valence electrons. The number of carbonyl (C=O) groups is 1. The first-order valence-electron chi connectivity index (χ1n) is 6.30. The van der Waals surface area contributed by atoms with Gasteiger partial charge in [0.25, 0.3) is 0 Å². The number of rotatable bonds is 4. The minimum absolute atomic E-state index is 0.0284. The van der Waals surface area contributed by atoms with Crippen LogP contribution in [-0.4, -0.2) is 12.5 Å². The van der Waals surface area contributed by atoms with Gasteiger partial charge in [-0.2, -0.15) is 0 Å². The lowest BCUT2D eigenvalue weighted by atomic mass is 10.1. The van der Waals surface area contributed by atoms with Crippen LogP contribution in [0.4, 0.5) is 10.1 Å². The van der Waals surface area contributed by atoms with Crippen LogP contribution in [0.3, 0.4) is 0 Å². The van der Waals surface area contributed by atoms with E-state index in [4.69, 9.17) is 0 Å². The Morgan fingerprint density at radius 1 is 1.11 bits per heavy atom. The summed E-state index contributed by atoms with van der Waals surface area (Å²) in [7, 11) is 0. The van der Waals surface area contributed by atoms with Crippen LogP contribution >= 0.6 is 0 Å². The third kappa shape index (κ3) is 3.41. The van der Waals surface area contributed by atoms with Crippen LogP contribution in [-0.2, 0) is 11.2 Å².